The summed E-state index contributed by atoms with van der Waals surface area (Å²) in [7, 11) is 0. The normalized spacial score (nSPS) is 9.75. The van der Waals surface area contributed by atoms with Crippen LogP contribution in [-0.2, 0) is 25.2 Å². The van der Waals surface area contributed by atoms with Crippen molar-refractivity contribution < 1.29 is 19.5 Å². The predicted octanol–water partition coefficient (Wildman–Crippen LogP) is 2.72. The topological polar surface area (TPSA) is 12.9 Å². The van der Waals surface area contributed by atoms with Gasteiger partial charge in [-0.05, 0) is 12.1 Å². The quantitative estimate of drug-likeness (QED) is 0.603. The first kappa shape index (κ1) is 10.2. The van der Waals surface area contributed by atoms with Gasteiger partial charge >= 0.3 is 0 Å². The number of fused-ring (bicyclic) bond motifs is 1. The van der Waals surface area contributed by atoms with Crippen molar-refractivity contribution in [1.29, 1.82) is 0 Å². The van der Waals surface area contributed by atoms with E-state index in [1.807, 2.05) is 18.2 Å². The third kappa shape index (κ3) is 1.87. The minimum absolute atomic E-state index is 0. The summed E-state index contributed by atoms with van der Waals surface area (Å²) in [6.07, 6.45) is 0. The summed E-state index contributed by atoms with van der Waals surface area (Å²) in [5.41, 5.74) is 1.08. The standard InChI is InChI=1S/C8H7NS2.Zn/c10-5-8-9-6-3-1-2-4-7(6)11-8;/h1-4,10H,5H2;. The number of rotatable bonds is 1. The third-order valence-electron chi connectivity index (χ3n) is 1.47. The fraction of sp³-hybridized carbons (Fsp3) is 0.125. The van der Waals surface area contributed by atoms with Crippen LogP contribution in [0.4, 0.5) is 0 Å². The van der Waals surface area contributed by atoms with Gasteiger partial charge in [0.05, 0.1) is 10.2 Å². The molecule has 1 aromatic heterocycles. The molecule has 0 unspecified atom stereocenters. The summed E-state index contributed by atoms with van der Waals surface area (Å²) in [4.78, 5) is 4.37. The first-order chi connectivity index (χ1) is 5.40. The van der Waals surface area contributed by atoms with Crippen LogP contribution < -0.4 is 0 Å². The van der Waals surface area contributed by atoms with Gasteiger partial charge in [-0.15, -0.1) is 11.3 Å². The van der Waals surface area contributed by atoms with Gasteiger partial charge in [0.1, 0.15) is 5.01 Å². The SMILES string of the molecule is SCc1nc2ccccc2s1.[Zn]. The van der Waals surface area contributed by atoms with Crippen molar-refractivity contribution in [2.75, 3.05) is 0 Å². The second-order valence-electron chi connectivity index (χ2n) is 2.23. The van der Waals surface area contributed by atoms with Crippen LogP contribution in [0.25, 0.3) is 10.2 Å². The van der Waals surface area contributed by atoms with Crippen molar-refractivity contribution >= 4 is 34.2 Å². The molecule has 58 valence electrons. The van der Waals surface area contributed by atoms with Gasteiger partial charge < -0.3 is 0 Å². The Kier molecular flexibility index (Phi) is 3.69. The van der Waals surface area contributed by atoms with E-state index < -0.39 is 0 Å². The zero-order valence-electron chi connectivity index (χ0n) is 6.53. The monoisotopic (exact) mass is 245 g/mol. The van der Waals surface area contributed by atoms with E-state index in [2.05, 4.69) is 23.7 Å². The minimum atomic E-state index is 0. The van der Waals surface area contributed by atoms with Crippen molar-refractivity contribution in [2.45, 2.75) is 5.75 Å². The number of hydrogen-bond acceptors (Lipinski definition) is 3. The maximum absolute atomic E-state index is 4.37. The number of para-hydroxylation sites is 1. The summed E-state index contributed by atoms with van der Waals surface area (Å²) in [5, 5.41) is 1.09. The molecule has 0 saturated heterocycles. The molecule has 1 aromatic carbocycles. The Morgan fingerprint density at radius 2 is 2.08 bits per heavy atom. The van der Waals surface area contributed by atoms with Crippen molar-refractivity contribution in [3.63, 3.8) is 0 Å². The van der Waals surface area contributed by atoms with Gasteiger partial charge in [0.15, 0.2) is 0 Å². The van der Waals surface area contributed by atoms with E-state index in [-0.39, 0.29) is 19.5 Å². The van der Waals surface area contributed by atoms with E-state index in [0.717, 1.165) is 16.3 Å². The molecule has 0 aliphatic heterocycles. The molecule has 1 nitrogen and oxygen atoms in total. The van der Waals surface area contributed by atoms with E-state index in [9.17, 15) is 0 Å². The average Bonchev–Trinajstić information content (AvgIpc) is 2.46. The van der Waals surface area contributed by atoms with Gasteiger partial charge in [-0.25, -0.2) is 4.98 Å². The second kappa shape index (κ2) is 4.36. The van der Waals surface area contributed by atoms with Gasteiger partial charge in [-0.3, -0.25) is 0 Å². The smallest absolute Gasteiger partial charge is 0.103 e. The van der Waals surface area contributed by atoms with E-state index in [0.29, 0.717) is 0 Å². The molecule has 0 aliphatic rings. The summed E-state index contributed by atoms with van der Waals surface area (Å²) >= 11 is 5.88. The molecule has 12 heavy (non-hydrogen) atoms. The maximum Gasteiger partial charge on any atom is 0.103 e. The Balaban J connectivity index is 0.000000720. The Morgan fingerprint density at radius 1 is 1.33 bits per heavy atom. The average molecular weight is 247 g/mol. The molecule has 0 fully saturated rings. The van der Waals surface area contributed by atoms with Crippen LogP contribution in [0.3, 0.4) is 0 Å². The van der Waals surface area contributed by atoms with Crippen LogP contribution in [0.2, 0.25) is 0 Å². The Morgan fingerprint density at radius 3 is 2.75 bits per heavy atom. The molecule has 0 bridgehead atoms. The predicted molar refractivity (Wildman–Crippen MR) is 52.3 cm³/mol. The zero-order valence-corrected chi connectivity index (χ0v) is 11.2. The van der Waals surface area contributed by atoms with Crippen LogP contribution >= 0.6 is 24.0 Å². The maximum atomic E-state index is 4.37. The fourth-order valence-corrected chi connectivity index (χ4v) is 2.08. The molecule has 2 rings (SSSR count). The van der Waals surface area contributed by atoms with Crippen LogP contribution in [0.1, 0.15) is 5.01 Å². The summed E-state index contributed by atoms with van der Waals surface area (Å²) in [6, 6.07) is 8.14. The van der Waals surface area contributed by atoms with Gasteiger partial charge in [0.25, 0.3) is 0 Å². The van der Waals surface area contributed by atoms with Gasteiger partial charge in [0.2, 0.25) is 0 Å². The molecule has 2 aromatic rings. The third-order valence-corrected chi connectivity index (χ3v) is 3.02. The number of thiazole rings is 1. The van der Waals surface area contributed by atoms with Gasteiger partial charge in [-0.1, -0.05) is 12.1 Å². The first-order valence-corrected chi connectivity index (χ1v) is 4.80. The molecule has 0 saturated carbocycles. The van der Waals surface area contributed by atoms with E-state index >= 15 is 0 Å². The summed E-state index contributed by atoms with van der Waals surface area (Å²) in [6.45, 7) is 0. The Hall–Kier alpha value is 0.0834. The van der Waals surface area contributed by atoms with Crippen LogP contribution in [0.5, 0.6) is 0 Å². The van der Waals surface area contributed by atoms with Crippen LogP contribution in [-0.4, -0.2) is 4.98 Å². The molecule has 0 aliphatic carbocycles. The molecular formula is C8H7NS2Zn. The second-order valence-corrected chi connectivity index (χ2v) is 3.66. The molecule has 0 N–H and O–H groups in total. The molecule has 0 radical (unpaired) electrons. The molecule has 0 spiro atoms. The van der Waals surface area contributed by atoms with Crippen molar-refractivity contribution in [3.8, 4) is 0 Å². The van der Waals surface area contributed by atoms with Crippen molar-refractivity contribution in [2.24, 2.45) is 0 Å². The van der Waals surface area contributed by atoms with E-state index in [4.69, 9.17) is 0 Å². The van der Waals surface area contributed by atoms with E-state index in [1.54, 1.807) is 11.3 Å². The fourth-order valence-electron chi connectivity index (χ4n) is 0.988. The zero-order chi connectivity index (χ0) is 7.68. The number of benzene rings is 1. The molecule has 4 heteroatoms. The number of nitrogens with zero attached hydrogens (tertiary/aromatic N) is 1. The van der Waals surface area contributed by atoms with Crippen molar-refractivity contribution in [1.82, 2.24) is 4.98 Å². The van der Waals surface area contributed by atoms with Gasteiger partial charge in [0, 0.05) is 25.2 Å². The summed E-state index contributed by atoms with van der Waals surface area (Å²) < 4.78 is 1.25. The van der Waals surface area contributed by atoms with Gasteiger partial charge in [-0.2, -0.15) is 12.6 Å². The molecular weight excluding hydrogens is 240 g/mol. The Bertz CT molecular complexity index is 339. The molecule has 1 heterocycles. The molecule has 0 amide bonds. The Labute approximate surface area is 93.4 Å². The van der Waals surface area contributed by atoms with E-state index in [1.165, 1.54) is 4.70 Å². The number of aromatic nitrogens is 1. The first-order valence-electron chi connectivity index (χ1n) is 3.35. The van der Waals surface area contributed by atoms with Crippen LogP contribution in [0.15, 0.2) is 24.3 Å². The molecule has 0 atom stereocenters. The largest absolute Gasteiger partial charge is 0.240 e. The van der Waals surface area contributed by atoms with Crippen molar-refractivity contribution in [3.05, 3.63) is 29.3 Å². The summed E-state index contributed by atoms with van der Waals surface area (Å²) in [5.74, 6) is 0.735. The van der Waals surface area contributed by atoms with Crippen LogP contribution in [0, 0.1) is 0 Å². The number of hydrogen-bond donors (Lipinski definition) is 1. The minimum Gasteiger partial charge on any atom is -0.240 e. The number of thiol groups is 1.